The Morgan fingerprint density at radius 3 is 2.57 bits per heavy atom. The molecule has 0 unspecified atom stereocenters. The van der Waals surface area contributed by atoms with E-state index in [1.54, 1.807) is 13.3 Å². The third kappa shape index (κ3) is 6.54. The molecular weight excluding hydrogens is 633 g/mol. The minimum atomic E-state index is -0.699. The van der Waals surface area contributed by atoms with Crippen LogP contribution in [0.2, 0.25) is 0 Å². The highest BCUT2D eigenvalue weighted by Gasteiger charge is 2.68. The highest BCUT2D eigenvalue weighted by atomic mass is 32.2. The fourth-order valence-corrected chi connectivity index (χ4v) is 10.2. The molecule has 3 saturated carbocycles. The van der Waals surface area contributed by atoms with Crippen molar-refractivity contribution >= 4 is 40.8 Å². The first-order valence-electron chi connectivity index (χ1n) is 16.7. The molecule has 3 aliphatic carbocycles. The molecule has 8 atom stereocenters. The Hall–Kier alpha value is -2.69. The minimum absolute atomic E-state index is 0.0732. The molecule has 2 aromatic rings. The molecule has 1 aromatic heterocycles. The van der Waals surface area contributed by atoms with Gasteiger partial charge >= 0.3 is 5.97 Å². The van der Waals surface area contributed by atoms with Crippen molar-refractivity contribution in [3.05, 3.63) is 48.0 Å². The SMILES string of the molecule is C=C[C@]1(C)C[C@@H](OC(=O)CSC(C)(C)CNC(=O)c2cnc(-c3ccc(OC)cc3)s2)[C@]2(C)[C@H](C)CC[C@]3(CCC(=O)[C@H]32)[C@@H](C)[C@@H]1O. The first-order chi connectivity index (χ1) is 22.1. The number of aliphatic hydroxyl groups excluding tert-OH is 1. The molecule has 2 bridgehead atoms. The standard InChI is InChI=1S/C37H50N2O6S2/c1-9-35(6)18-28(36(7)22(2)14-16-37(23(3)31(35)42)17-15-26(40)30(36)37)45-29(41)20-46-34(4,5)21-39-32(43)27-19-38-33(47-27)24-10-12-25(44-8)13-11-24/h9-13,19,22-23,28,30-31,42H,1,14-18,20-21H2,2-8H3,(H,39,43)/t22-,23+,28-,30+,31+,35-,36+,37+/m1/s1. The van der Waals surface area contributed by atoms with Gasteiger partial charge in [0.05, 0.1) is 25.2 Å². The molecule has 3 fully saturated rings. The summed E-state index contributed by atoms with van der Waals surface area (Å²) in [7, 11) is 1.62. The van der Waals surface area contributed by atoms with Gasteiger partial charge in [-0.3, -0.25) is 14.4 Å². The number of esters is 1. The summed E-state index contributed by atoms with van der Waals surface area (Å²) in [4.78, 5) is 45.2. The molecule has 0 radical (unpaired) electrons. The maximum atomic E-state index is 13.6. The highest BCUT2D eigenvalue weighted by molar-refractivity contribution is 8.01. The number of aliphatic hydroxyl groups is 1. The molecule has 0 aliphatic heterocycles. The highest BCUT2D eigenvalue weighted by Crippen LogP contribution is 2.68. The van der Waals surface area contributed by atoms with E-state index in [0.29, 0.717) is 24.3 Å². The average Bonchev–Trinajstić information content (AvgIpc) is 3.69. The van der Waals surface area contributed by atoms with Crippen LogP contribution in [0.25, 0.3) is 10.6 Å². The van der Waals surface area contributed by atoms with Crippen LogP contribution in [0.1, 0.15) is 83.3 Å². The molecule has 1 amide bonds. The number of nitrogens with one attached hydrogen (secondary N) is 1. The van der Waals surface area contributed by atoms with Crippen LogP contribution in [-0.2, 0) is 14.3 Å². The van der Waals surface area contributed by atoms with Crippen LogP contribution < -0.4 is 10.1 Å². The topological polar surface area (TPSA) is 115 Å². The number of carbonyl (C=O) groups is 3. The first-order valence-corrected chi connectivity index (χ1v) is 18.5. The van der Waals surface area contributed by atoms with Crippen molar-refractivity contribution in [2.75, 3.05) is 19.4 Å². The molecular formula is C37H50N2O6S2. The van der Waals surface area contributed by atoms with E-state index in [9.17, 15) is 19.5 Å². The molecule has 3 aliphatic rings. The van der Waals surface area contributed by atoms with Crippen LogP contribution in [0.5, 0.6) is 5.75 Å². The second-order valence-corrected chi connectivity index (χ2v) is 17.8. The van der Waals surface area contributed by atoms with Crippen LogP contribution in [-0.4, -0.2) is 64.1 Å². The second-order valence-electron chi connectivity index (χ2n) is 15.1. The minimum Gasteiger partial charge on any atom is -0.497 e. The number of thiazole rings is 1. The molecule has 256 valence electrons. The molecule has 8 nitrogen and oxygen atoms in total. The van der Waals surface area contributed by atoms with Gasteiger partial charge < -0.3 is 19.9 Å². The van der Waals surface area contributed by atoms with Gasteiger partial charge in [-0.2, -0.15) is 0 Å². The summed E-state index contributed by atoms with van der Waals surface area (Å²) in [5.74, 6) is 0.369. The van der Waals surface area contributed by atoms with Gasteiger partial charge in [-0.05, 0) is 81.0 Å². The average molecular weight is 683 g/mol. The zero-order valence-corrected chi connectivity index (χ0v) is 30.4. The maximum absolute atomic E-state index is 13.6. The lowest BCUT2D eigenvalue weighted by Gasteiger charge is -2.61. The van der Waals surface area contributed by atoms with E-state index in [1.165, 1.54) is 23.1 Å². The Morgan fingerprint density at radius 2 is 1.91 bits per heavy atom. The van der Waals surface area contributed by atoms with E-state index in [-0.39, 0.29) is 46.6 Å². The molecule has 10 heteroatoms. The van der Waals surface area contributed by atoms with Crippen molar-refractivity contribution in [3.63, 3.8) is 0 Å². The lowest BCUT2D eigenvalue weighted by atomic mass is 9.44. The number of benzene rings is 1. The number of Topliss-reactive ketones (excluding diaryl/α,β-unsaturated/α-hetero) is 1. The molecule has 0 saturated heterocycles. The zero-order valence-electron chi connectivity index (χ0n) is 28.8. The van der Waals surface area contributed by atoms with Gasteiger partial charge in [0.1, 0.15) is 27.5 Å². The Labute approximate surface area is 287 Å². The Morgan fingerprint density at radius 1 is 1.21 bits per heavy atom. The van der Waals surface area contributed by atoms with E-state index in [4.69, 9.17) is 9.47 Å². The summed E-state index contributed by atoms with van der Waals surface area (Å²) >= 11 is 2.75. The van der Waals surface area contributed by atoms with Gasteiger partial charge in [-0.15, -0.1) is 29.7 Å². The van der Waals surface area contributed by atoms with E-state index in [0.717, 1.165) is 35.6 Å². The van der Waals surface area contributed by atoms with Crippen LogP contribution in [0.15, 0.2) is 43.1 Å². The van der Waals surface area contributed by atoms with Crippen LogP contribution in [0.3, 0.4) is 0 Å². The summed E-state index contributed by atoms with van der Waals surface area (Å²) in [6, 6.07) is 7.54. The smallest absolute Gasteiger partial charge is 0.316 e. The van der Waals surface area contributed by atoms with E-state index >= 15 is 0 Å². The first kappa shape index (κ1) is 35.6. The molecule has 5 rings (SSSR count). The number of carbonyl (C=O) groups excluding carboxylic acids is 3. The normalized spacial score (nSPS) is 33.7. The summed E-state index contributed by atoms with van der Waals surface area (Å²) in [5.41, 5.74) is -0.624. The van der Waals surface area contributed by atoms with Crippen molar-refractivity contribution in [2.45, 2.75) is 90.6 Å². The Balaban J connectivity index is 1.25. The van der Waals surface area contributed by atoms with Crippen molar-refractivity contribution in [1.82, 2.24) is 10.3 Å². The predicted molar refractivity (Wildman–Crippen MR) is 188 cm³/mol. The van der Waals surface area contributed by atoms with Gasteiger partial charge in [0.2, 0.25) is 0 Å². The number of amides is 1. The largest absolute Gasteiger partial charge is 0.497 e. The van der Waals surface area contributed by atoms with Crippen molar-refractivity contribution < 1.29 is 29.0 Å². The second kappa shape index (κ2) is 13.3. The summed E-state index contributed by atoms with van der Waals surface area (Å²) in [6.45, 7) is 16.9. The molecule has 1 heterocycles. The van der Waals surface area contributed by atoms with Gasteiger partial charge in [0, 0.05) is 40.0 Å². The van der Waals surface area contributed by atoms with Gasteiger partial charge in [-0.25, -0.2) is 4.98 Å². The van der Waals surface area contributed by atoms with Crippen LogP contribution >= 0.6 is 23.1 Å². The number of ketones is 1. The number of methoxy groups -OCH3 is 1. The van der Waals surface area contributed by atoms with E-state index in [2.05, 4.69) is 37.7 Å². The maximum Gasteiger partial charge on any atom is 0.316 e. The lowest BCUT2D eigenvalue weighted by Crippen LogP contribution is -2.63. The number of ether oxygens (including phenoxy) is 2. The Kier molecular flexibility index (Phi) is 10.1. The number of hydrogen-bond donors (Lipinski definition) is 2. The fourth-order valence-electron chi connectivity index (χ4n) is 8.63. The van der Waals surface area contributed by atoms with E-state index < -0.39 is 27.8 Å². The molecule has 2 N–H and O–H groups in total. The lowest BCUT2D eigenvalue weighted by molar-refractivity contribution is -0.205. The monoisotopic (exact) mass is 682 g/mol. The van der Waals surface area contributed by atoms with Gasteiger partial charge in [-0.1, -0.05) is 33.8 Å². The number of hydrogen-bond acceptors (Lipinski definition) is 9. The summed E-state index contributed by atoms with van der Waals surface area (Å²) in [5, 5.41) is 15.5. The molecule has 1 aromatic carbocycles. The third-order valence-corrected chi connectivity index (χ3v) is 14.2. The van der Waals surface area contributed by atoms with E-state index in [1.807, 2.05) is 51.1 Å². The van der Waals surface area contributed by atoms with Crippen molar-refractivity contribution in [1.29, 1.82) is 0 Å². The number of rotatable bonds is 10. The predicted octanol–water partition coefficient (Wildman–Crippen LogP) is 6.97. The fraction of sp³-hybridized carbons (Fsp3) is 0.622. The number of aromatic nitrogens is 1. The Bertz CT molecular complexity index is 1510. The van der Waals surface area contributed by atoms with Crippen molar-refractivity contribution in [2.24, 2.45) is 34.0 Å². The zero-order chi connectivity index (χ0) is 34.4. The van der Waals surface area contributed by atoms with Gasteiger partial charge in [0.15, 0.2) is 0 Å². The summed E-state index contributed by atoms with van der Waals surface area (Å²) in [6.07, 6.45) is 5.66. The molecule has 0 spiro atoms. The third-order valence-electron chi connectivity index (χ3n) is 11.9. The molecule has 47 heavy (non-hydrogen) atoms. The van der Waals surface area contributed by atoms with Crippen LogP contribution in [0, 0.1) is 34.0 Å². The van der Waals surface area contributed by atoms with Crippen LogP contribution in [0.4, 0.5) is 0 Å². The van der Waals surface area contributed by atoms with Crippen molar-refractivity contribution in [3.8, 4) is 16.3 Å². The number of thioether (sulfide) groups is 1. The van der Waals surface area contributed by atoms with Gasteiger partial charge in [0.25, 0.3) is 5.91 Å². The summed E-state index contributed by atoms with van der Waals surface area (Å²) < 4.78 is 11.2. The quantitative estimate of drug-likeness (QED) is 0.204. The number of nitrogens with zero attached hydrogens (tertiary/aromatic N) is 1.